The second-order valence-corrected chi connectivity index (χ2v) is 5.76. The van der Waals surface area contributed by atoms with Crippen molar-refractivity contribution in [1.29, 1.82) is 0 Å². The highest BCUT2D eigenvalue weighted by molar-refractivity contribution is 7.98. The Labute approximate surface area is 110 Å². The fourth-order valence-corrected chi connectivity index (χ4v) is 2.84. The van der Waals surface area contributed by atoms with Crippen molar-refractivity contribution < 1.29 is 9.90 Å². The molecule has 1 aromatic heterocycles. The third kappa shape index (κ3) is 4.55. The standard InChI is InChI=1S/C11H18N2O2S2/c1-8(4-5-16-3)13(2)11-12-9(7-17-11)6-10(14)15/h7-8H,4-6H2,1-3H3,(H,14,15). The van der Waals surface area contributed by atoms with Crippen LogP contribution in [0.4, 0.5) is 5.13 Å². The lowest BCUT2D eigenvalue weighted by molar-refractivity contribution is -0.136. The number of aromatic nitrogens is 1. The molecule has 1 heterocycles. The molecule has 0 spiro atoms. The summed E-state index contributed by atoms with van der Waals surface area (Å²) in [5, 5.41) is 11.4. The maximum absolute atomic E-state index is 10.6. The van der Waals surface area contributed by atoms with Gasteiger partial charge in [-0.2, -0.15) is 11.8 Å². The summed E-state index contributed by atoms with van der Waals surface area (Å²) in [5.41, 5.74) is 0.640. The predicted molar refractivity (Wildman–Crippen MR) is 74.3 cm³/mol. The van der Waals surface area contributed by atoms with Gasteiger partial charge in [0.25, 0.3) is 0 Å². The van der Waals surface area contributed by atoms with Gasteiger partial charge in [-0.05, 0) is 25.4 Å². The molecule has 0 aliphatic rings. The zero-order valence-electron chi connectivity index (χ0n) is 10.3. The summed E-state index contributed by atoms with van der Waals surface area (Å²) in [6, 6.07) is 0.422. The summed E-state index contributed by atoms with van der Waals surface area (Å²) < 4.78 is 0. The van der Waals surface area contributed by atoms with E-state index >= 15 is 0 Å². The molecule has 0 aliphatic carbocycles. The molecule has 4 nitrogen and oxygen atoms in total. The Balaban J connectivity index is 2.59. The number of hydrogen-bond acceptors (Lipinski definition) is 5. The number of hydrogen-bond donors (Lipinski definition) is 1. The van der Waals surface area contributed by atoms with E-state index in [1.807, 2.05) is 24.2 Å². The number of thioether (sulfide) groups is 1. The van der Waals surface area contributed by atoms with Crippen molar-refractivity contribution in [2.24, 2.45) is 0 Å². The van der Waals surface area contributed by atoms with Gasteiger partial charge in [-0.25, -0.2) is 4.98 Å². The van der Waals surface area contributed by atoms with E-state index in [0.717, 1.165) is 17.3 Å². The molecule has 0 aliphatic heterocycles. The van der Waals surface area contributed by atoms with Crippen molar-refractivity contribution in [3.05, 3.63) is 11.1 Å². The van der Waals surface area contributed by atoms with E-state index in [2.05, 4.69) is 23.1 Å². The van der Waals surface area contributed by atoms with Crippen LogP contribution >= 0.6 is 23.1 Å². The van der Waals surface area contributed by atoms with E-state index in [1.54, 1.807) is 0 Å². The molecule has 0 bridgehead atoms. The molecule has 0 saturated heterocycles. The molecule has 0 saturated carbocycles. The number of carboxylic acids is 1. The van der Waals surface area contributed by atoms with E-state index in [9.17, 15) is 4.79 Å². The Hall–Kier alpha value is -0.750. The molecule has 0 amide bonds. The van der Waals surface area contributed by atoms with Gasteiger partial charge in [0.05, 0.1) is 12.1 Å². The molecule has 1 aromatic rings. The highest BCUT2D eigenvalue weighted by Gasteiger charge is 2.14. The van der Waals surface area contributed by atoms with Gasteiger partial charge in [0.15, 0.2) is 5.13 Å². The zero-order valence-corrected chi connectivity index (χ0v) is 12.0. The van der Waals surface area contributed by atoms with E-state index in [0.29, 0.717) is 11.7 Å². The van der Waals surface area contributed by atoms with Gasteiger partial charge in [0, 0.05) is 18.5 Å². The molecule has 1 rings (SSSR count). The lowest BCUT2D eigenvalue weighted by Gasteiger charge is -2.23. The highest BCUT2D eigenvalue weighted by atomic mass is 32.2. The van der Waals surface area contributed by atoms with Crippen molar-refractivity contribution >= 4 is 34.2 Å². The van der Waals surface area contributed by atoms with Crippen LogP contribution in [0, 0.1) is 0 Å². The zero-order chi connectivity index (χ0) is 12.8. The third-order valence-corrected chi connectivity index (χ3v) is 4.20. The maximum Gasteiger partial charge on any atom is 0.309 e. The van der Waals surface area contributed by atoms with Crippen molar-refractivity contribution in [1.82, 2.24) is 4.98 Å². The summed E-state index contributed by atoms with van der Waals surface area (Å²) in [7, 11) is 2.01. The second kappa shape index (κ2) is 6.86. The summed E-state index contributed by atoms with van der Waals surface area (Å²) >= 11 is 3.34. The molecule has 1 unspecified atom stereocenters. The van der Waals surface area contributed by atoms with Crippen LogP contribution < -0.4 is 4.90 Å². The number of carbonyl (C=O) groups is 1. The van der Waals surface area contributed by atoms with Crippen LogP contribution in [0.5, 0.6) is 0 Å². The first-order valence-corrected chi connectivity index (χ1v) is 7.70. The fraction of sp³-hybridized carbons (Fsp3) is 0.636. The quantitative estimate of drug-likeness (QED) is 0.827. The average Bonchev–Trinajstić information content (AvgIpc) is 2.72. The third-order valence-electron chi connectivity index (χ3n) is 2.57. The largest absolute Gasteiger partial charge is 0.481 e. The molecular weight excluding hydrogens is 256 g/mol. The Morgan fingerprint density at radius 2 is 2.41 bits per heavy atom. The molecule has 0 radical (unpaired) electrons. The van der Waals surface area contributed by atoms with Crippen molar-refractivity contribution in [2.45, 2.75) is 25.8 Å². The lowest BCUT2D eigenvalue weighted by atomic mass is 10.2. The molecule has 1 atom stereocenters. The van der Waals surface area contributed by atoms with Gasteiger partial charge in [-0.3, -0.25) is 4.79 Å². The number of nitrogens with zero attached hydrogens (tertiary/aromatic N) is 2. The van der Waals surface area contributed by atoms with Crippen LogP contribution in [0.2, 0.25) is 0 Å². The number of carboxylic acid groups (broad SMARTS) is 1. The molecule has 96 valence electrons. The summed E-state index contributed by atoms with van der Waals surface area (Å²) in [5.74, 6) is 0.290. The van der Waals surface area contributed by atoms with Crippen molar-refractivity contribution in [3.63, 3.8) is 0 Å². The minimum Gasteiger partial charge on any atom is -0.481 e. The minimum absolute atomic E-state index is 0.00350. The molecule has 0 fully saturated rings. The first kappa shape index (κ1) is 14.3. The highest BCUT2D eigenvalue weighted by Crippen LogP contribution is 2.22. The summed E-state index contributed by atoms with van der Waals surface area (Å²) in [4.78, 5) is 17.0. The van der Waals surface area contributed by atoms with Crippen LogP contribution in [0.3, 0.4) is 0 Å². The Morgan fingerprint density at radius 1 is 1.71 bits per heavy atom. The normalized spacial score (nSPS) is 12.4. The van der Waals surface area contributed by atoms with Gasteiger partial charge in [0.1, 0.15) is 0 Å². The monoisotopic (exact) mass is 274 g/mol. The molecule has 6 heteroatoms. The molecular formula is C11H18N2O2S2. The van der Waals surface area contributed by atoms with E-state index in [1.165, 1.54) is 11.3 Å². The molecule has 17 heavy (non-hydrogen) atoms. The van der Waals surface area contributed by atoms with Crippen LogP contribution in [-0.2, 0) is 11.2 Å². The van der Waals surface area contributed by atoms with E-state index < -0.39 is 5.97 Å². The van der Waals surface area contributed by atoms with Gasteiger partial charge < -0.3 is 10.0 Å². The lowest BCUT2D eigenvalue weighted by Crippen LogP contribution is -2.29. The van der Waals surface area contributed by atoms with Crippen molar-refractivity contribution in [3.8, 4) is 0 Å². The van der Waals surface area contributed by atoms with Crippen LogP contribution in [0.1, 0.15) is 19.0 Å². The summed E-state index contributed by atoms with van der Waals surface area (Å²) in [6.45, 7) is 2.16. The SMILES string of the molecule is CSCCC(C)N(C)c1nc(CC(=O)O)cs1. The average molecular weight is 274 g/mol. The second-order valence-electron chi connectivity index (χ2n) is 3.93. The number of anilines is 1. The summed E-state index contributed by atoms with van der Waals surface area (Å²) in [6.07, 6.45) is 3.20. The van der Waals surface area contributed by atoms with Crippen molar-refractivity contribution in [2.75, 3.05) is 24.0 Å². The Morgan fingerprint density at radius 3 is 3.00 bits per heavy atom. The maximum atomic E-state index is 10.6. The Kier molecular flexibility index (Phi) is 5.77. The van der Waals surface area contributed by atoms with Gasteiger partial charge >= 0.3 is 5.97 Å². The van der Waals surface area contributed by atoms with E-state index in [-0.39, 0.29) is 6.42 Å². The van der Waals surface area contributed by atoms with Gasteiger partial charge in [0.2, 0.25) is 0 Å². The Bertz CT molecular complexity index is 368. The topological polar surface area (TPSA) is 53.4 Å². The molecule has 0 aromatic carbocycles. The molecule has 1 N–H and O–H groups in total. The van der Waals surface area contributed by atoms with Crippen LogP contribution in [0.25, 0.3) is 0 Å². The predicted octanol–water partition coefficient (Wildman–Crippen LogP) is 2.35. The number of rotatable bonds is 7. The smallest absolute Gasteiger partial charge is 0.309 e. The van der Waals surface area contributed by atoms with Gasteiger partial charge in [-0.1, -0.05) is 0 Å². The minimum atomic E-state index is -0.833. The van der Waals surface area contributed by atoms with E-state index in [4.69, 9.17) is 5.11 Å². The van der Waals surface area contributed by atoms with Crippen LogP contribution in [0.15, 0.2) is 5.38 Å². The first-order chi connectivity index (χ1) is 8.04. The van der Waals surface area contributed by atoms with Gasteiger partial charge in [-0.15, -0.1) is 11.3 Å². The number of thiazole rings is 1. The fourth-order valence-electron chi connectivity index (χ4n) is 1.37. The number of aliphatic carboxylic acids is 1. The first-order valence-electron chi connectivity index (χ1n) is 5.42. The van der Waals surface area contributed by atoms with Crippen LogP contribution in [-0.4, -0.2) is 41.2 Å².